The molecule has 2 rings (SSSR count). The highest BCUT2D eigenvalue weighted by molar-refractivity contribution is 5.97. The second-order valence-electron chi connectivity index (χ2n) is 4.20. The molecule has 1 atom stereocenters. The van der Waals surface area contributed by atoms with Crippen LogP contribution >= 0.6 is 0 Å². The first-order valence-electron chi connectivity index (χ1n) is 6.03. The SMILES string of the molecule is O=C1C(CCO)NCCCN1c1ccccc1. The lowest BCUT2D eigenvalue weighted by atomic mass is 10.2. The third kappa shape index (κ3) is 2.84. The molecule has 4 heteroatoms. The van der Waals surface area contributed by atoms with Gasteiger partial charge >= 0.3 is 0 Å². The predicted molar refractivity (Wildman–Crippen MR) is 66.9 cm³/mol. The van der Waals surface area contributed by atoms with E-state index in [0.717, 1.165) is 25.2 Å². The van der Waals surface area contributed by atoms with E-state index in [1.54, 1.807) is 4.90 Å². The molecular formula is C13H18N2O2. The number of nitrogens with one attached hydrogen (secondary N) is 1. The van der Waals surface area contributed by atoms with Gasteiger partial charge in [0.1, 0.15) is 0 Å². The highest BCUT2D eigenvalue weighted by atomic mass is 16.3. The number of aliphatic hydroxyl groups is 1. The first kappa shape index (κ1) is 12.1. The van der Waals surface area contributed by atoms with Crippen LogP contribution in [0.1, 0.15) is 12.8 Å². The van der Waals surface area contributed by atoms with Crippen molar-refractivity contribution in [3.05, 3.63) is 30.3 Å². The summed E-state index contributed by atoms with van der Waals surface area (Å²) in [7, 11) is 0. The van der Waals surface area contributed by atoms with Gasteiger partial charge in [-0.15, -0.1) is 0 Å². The lowest BCUT2D eigenvalue weighted by Gasteiger charge is -2.24. The lowest BCUT2D eigenvalue weighted by Crippen LogP contribution is -2.44. The smallest absolute Gasteiger partial charge is 0.244 e. The van der Waals surface area contributed by atoms with Crippen molar-refractivity contribution < 1.29 is 9.90 Å². The maximum absolute atomic E-state index is 12.3. The Hall–Kier alpha value is -1.39. The van der Waals surface area contributed by atoms with Crippen molar-refractivity contribution in [2.45, 2.75) is 18.9 Å². The van der Waals surface area contributed by atoms with Crippen molar-refractivity contribution in [3.63, 3.8) is 0 Å². The van der Waals surface area contributed by atoms with Crippen LogP contribution in [-0.4, -0.2) is 36.8 Å². The van der Waals surface area contributed by atoms with Crippen LogP contribution in [0.2, 0.25) is 0 Å². The van der Waals surface area contributed by atoms with E-state index in [1.807, 2.05) is 30.3 Å². The highest BCUT2D eigenvalue weighted by Crippen LogP contribution is 2.17. The Kier molecular flexibility index (Phi) is 4.12. The quantitative estimate of drug-likeness (QED) is 0.812. The van der Waals surface area contributed by atoms with Crippen LogP contribution in [0.4, 0.5) is 5.69 Å². The Bertz CT molecular complexity index is 367. The highest BCUT2D eigenvalue weighted by Gasteiger charge is 2.26. The monoisotopic (exact) mass is 234 g/mol. The molecule has 0 aliphatic carbocycles. The summed E-state index contributed by atoms with van der Waals surface area (Å²) >= 11 is 0. The minimum atomic E-state index is -0.261. The summed E-state index contributed by atoms with van der Waals surface area (Å²) in [6.07, 6.45) is 1.41. The first-order chi connectivity index (χ1) is 8.33. The van der Waals surface area contributed by atoms with Crippen LogP contribution in [0.15, 0.2) is 30.3 Å². The van der Waals surface area contributed by atoms with Crippen LogP contribution in [0.5, 0.6) is 0 Å². The third-order valence-corrected chi connectivity index (χ3v) is 3.00. The van der Waals surface area contributed by atoms with Crippen LogP contribution in [0.25, 0.3) is 0 Å². The number of anilines is 1. The number of nitrogens with zero attached hydrogens (tertiary/aromatic N) is 1. The average Bonchev–Trinajstić information content (AvgIpc) is 2.54. The van der Waals surface area contributed by atoms with Crippen molar-refractivity contribution in [2.24, 2.45) is 0 Å². The number of amides is 1. The average molecular weight is 234 g/mol. The standard InChI is InChI=1S/C13H18N2O2/c16-10-7-12-13(17)15(9-4-8-14-12)11-5-2-1-3-6-11/h1-3,5-6,12,14,16H,4,7-10H2. The second kappa shape index (κ2) is 5.80. The van der Waals surface area contributed by atoms with E-state index >= 15 is 0 Å². The van der Waals surface area contributed by atoms with E-state index in [-0.39, 0.29) is 18.6 Å². The molecule has 1 aromatic rings. The Balaban J connectivity index is 2.18. The van der Waals surface area contributed by atoms with E-state index in [0.29, 0.717) is 6.42 Å². The minimum Gasteiger partial charge on any atom is -0.396 e. The van der Waals surface area contributed by atoms with Crippen molar-refractivity contribution in [1.82, 2.24) is 5.32 Å². The number of hydrogen-bond acceptors (Lipinski definition) is 3. The first-order valence-corrected chi connectivity index (χ1v) is 6.03. The maximum Gasteiger partial charge on any atom is 0.244 e. The summed E-state index contributed by atoms with van der Waals surface area (Å²) in [6, 6.07) is 9.43. The second-order valence-corrected chi connectivity index (χ2v) is 4.20. The van der Waals surface area contributed by atoms with Gasteiger partial charge in [-0.3, -0.25) is 4.79 Å². The number of hydrogen-bond donors (Lipinski definition) is 2. The molecule has 17 heavy (non-hydrogen) atoms. The van der Waals surface area contributed by atoms with Crippen molar-refractivity contribution in [2.75, 3.05) is 24.6 Å². The number of aliphatic hydroxyl groups excluding tert-OH is 1. The molecule has 1 fully saturated rings. The largest absolute Gasteiger partial charge is 0.396 e. The van der Waals surface area contributed by atoms with Crippen molar-refractivity contribution >= 4 is 11.6 Å². The zero-order chi connectivity index (χ0) is 12.1. The molecule has 92 valence electrons. The molecule has 1 heterocycles. The van der Waals surface area contributed by atoms with Crippen molar-refractivity contribution in [1.29, 1.82) is 0 Å². The summed E-state index contributed by atoms with van der Waals surface area (Å²) in [6.45, 7) is 1.59. The van der Waals surface area contributed by atoms with Gasteiger partial charge in [-0.05, 0) is 31.5 Å². The van der Waals surface area contributed by atoms with Gasteiger partial charge < -0.3 is 15.3 Å². The Morgan fingerprint density at radius 1 is 1.35 bits per heavy atom. The van der Waals surface area contributed by atoms with Gasteiger partial charge in [0.05, 0.1) is 6.04 Å². The summed E-state index contributed by atoms with van der Waals surface area (Å²) in [5.74, 6) is 0.0581. The normalized spacial score (nSPS) is 21.4. The fourth-order valence-corrected chi connectivity index (χ4v) is 2.12. The fraction of sp³-hybridized carbons (Fsp3) is 0.462. The van der Waals surface area contributed by atoms with Crippen LogP contribution < -0.4 is 10.2 Å². The van der Waals surface area contributed by atoms with Crippen LogP contribution in [0, 0.1) is 0 Å². The van der Waals surface area contributed by atoms with E-state index in [9.17, 15) is 4.79 Å². The van der Waals surface area contributed by atoms with E-state index in [1.165, 1.54) is 0 Å². The zero-order valence-corrected chi connectivity index (χ0v) is 9.80. The minimum absolute atomic E-state index is 0.0338. The van der Waals surface area contributed by atoms with E-state index in [4.69, 9.17) is 5.11 Å². The predicted octanol–water partition coefficient (Wildman–Crippen LogP) is 0.764. The Morgan fingerprint density at radius 2 is 2.12 bits per heavy atom. The summed E-state index contributed by atoms with van der Waals surface area (Å²) in [5.41, 5.74) is 0.934. The molecule has 1 saturated heterocycles. The summed E-state index contributed by atoms with van der Waals surface area (Å²) in [5, 5.41) is 12.2. The van der Waals surface area contributed by atoms with E-state index < -0.39 is 0 Å². The molecule has 1 aliphatic heterocycles. The molecule has 0 saturated carbocycles. The zero-order valence-electron chi connectivity index (χ0n) is 9.80. The van der Waals surface area contributed by atoms with Gasteiger partial charge in [-0.2, -0.15) is 0 Å². The lowest BCUT2D eigenvalue weighted by molar-refractivity contribution is -0.120. The summed E-state index contributed by atoms with van der Waals surface area (Å²) in [4.78, 5) is 14.1. The van der Waals surface area contributed by atoms with Crippen LogP contribution in [0.3, 0.4) is 0 Å². The Labute approximate surface area is 101 Å². The molecule has 1 unspecified atom stereocenters. The van der Waals surface area contributed by atoms with Gasteiger partial charge in [0.25, 0.3) is 0 Å². The Morgan fingerprint density at radius 3 is 2.82 bits per heavy atom. The molecule has 1 aromatic carbocycles. The molecule has 2 N–H and O–H groups in total. The van der Waals surface area contributed by atoms with Gasteiger partial charge in [-0.1, -0.05) is 18.2 Å². The molecule has 1 amide bonds. The number of carbonyl (C=O) groups excluding carboxylic acids is 1. The topological polar surface area (TPSA) is 52.6 Å². The molecule has 0 aromatic heterocycles. The van der Waals surface area contributed by atoms with Crippen LogP contribution in [-0.2, 0) is 4.79 Å². The molecular weight excluding hydrogens is 216 g/mol. The van der Waals surface area contributed by atoms with Gasteiger partial charge in [0, 0.05) is 18.8 Å². The number of carbonyl (C=O) groups is 1. The molecule has 0 spiro atoms. The summed E-state index contributed by atoms with van der Waals surface area (Å²) < 4.78 is 0. The van der Waals surface area contributed by atoms with Gasteiger partial charge in [0.15, 0.2) is 0 Å². The van der Waals surface area contributed by atoms with Gasteiger partial charge in [-0.25, -0.2) is 0 Å². The third-order valence-electron chi connectivity index (χ3n) is 3.00. The molecule has 4 nitrogen and oxygen atoms in total. The molecule has 1 aliphatic rings. The maximum atomic E-state index is 12.3. The van der Waals surface area contributed by atoms with Crippen molar-refractivity contribution in [3.8, 4) is 0 Å². The fourth-order valence-electron chi connectivity index (χ4n) is 2.12. The number of para-hydroxylation sites is 1. The van der Waals surface area contributed by atoms with Gasteiger partial charge in [0.2, 0.25) is 5.91 Å². The number of rotatable bonds is 3. The van der Waals surface area contributed by atoms with E-state index in [2.05, 4.69) is 5.32 Å². The molecule has 0 bridgehead atoms. The number of benzene rings is 1. The molecule has 0 radical (unpaired) electrons.